The van der Waals surface area contributed by atoms with Crippen molar-refractivity contribution in [1.29, 1.82) is 0 Å². The van der Waals surface area contributed by atoms with Crippen molar-refractivity contribution in [2.45, 2.75) is 19.4 Å². The molecule has 1 saturated heterocycles. The summed E-state index contributed by atoms with van der Waals surface area (Å²) < 4.78 is 10.8. The number of piperazine rings is 1. The molecule has 2 aliphatic heterocycles. The fourth-order valence-corrected chi connectivity index (χ4v) is 4.86. The molecule has 0 spiro atoms. The molecule has 1 aromatic carbocycles. The van der Waals surface area contributed by atoms with E-state index >= 15 is 0 Å². The van der Waals surface area contributed by atoms with Crippen LogP contribution in [0.3, 0.4) is 0 Å². The molecule has 1 atom stereocenters. The van der Waals surface area contributed by atoms with E-state index in [4.69, 9.17) is 14.6 Å². The van der Waals surface area contributed by atoms with E-state index in [0.29, 0.717) is 44.1 Å². The van der Waals surface area contributed by atoms with E-state index in [1.165, 1.54) is 0 Å². The molecule has 170 valence electrons. The van der Waals surface area contributed by atoms with Crippen molar-refractivity contribution in [3.8, 4) is 11.5 Å². The molecular formula is C23H28N4O4S. The number of hydrazone groups is 1. The van der Waals surface area contributed by atoms with Gasteiger partial charge >= 0.3 is 0 Å². The third kappa shape index (κ3) is 4.63. The predicted molar refractivity (Wildman–Crippen MR) is 123 cm³/mol. The summed E-state index contributed by atoms with van der Waals surface area (Å²) in [5.74, 6) is 1.30. The van der Waals surface area contributed by atoms with E-state index in [-0.39, 0.29) is 24.4 Å². The monoisotopic (exact) mass is 456 g/mol. The van der Waals surface area contributed by atoms with Gasteiger partial charge in [-0.2, -0.15) is 5.10 Å². The molecule has 0 aliphatic carbocycles. The first-order chi connectivity index (χ1) is 15.5. The van der Waals surface area contributed by atoms with Crippen LogP contribution in [0.4, 0.5) is 0 Å². The molecule has 0 bridgehead atoms. The Labute approximate surface area is 192 Å². The molecule has 0 N–H and O–H groups in total. The van der Waals surface area contributed by atoms with Crippen LogP contribution in [0.1, 0.15) is 29.8 Å². The van der Waals surface area contributed by atoms with Gasteiger partial charge in [-0.15, -0.1) is 11.3 Å². The minimum atomic E-state index is -0.210. The Morgan fingerprint density at radius 1 is 1.09 bits per heavy atom. The highest BCUT2D eigenvalue weighted by molar-refractivity contribution is 7.12. The van der Waals surface area contributed by atoms with E-state index in [1.54, 1.807) is 37.5 Å². The summed E-state index contributed by atoms with van der Waals surface area (Å²) in [6, 6.07) is 9.56. The number of amides is 2. The van der Waals surface area contributed by atoms with E-state index in [1.807, 2.05) is 40.6 Å². The smallest absolute Gasteiger partial charge is 0.257 e. The highest BCUT2D eigenvalue weighted by atomic mass is 32.1. The zero-order valence-corrected chi connectivity index (χ0v) is 19.4. The van der Waals surface area contributed by atoms with Crippen LogP contribution in [-0.4, -0.2) is 79.3 Å². The highest BCUT2D eigenvalue weighted by Crippen LogP contribution is 2.38. The first-order valence-electron chi connectivity index (χ1n) is 10.6. The lowest BCUT2D eigenvalue weighted by atomic mass is 10.0. The second-order valence-corrected chi connectivity index (χ2v) is 8.83. The molecule has 9 heteroatoms. The summed E-state index contributed by atoms with van der Waals surface area (Å²) in [4.78, 5) is 29.9. The number of rotatable bonds is 6. The lowest BCUT2D eigenvalue weighted by Crippen LogP contribution is -2.50. The third-order valence-corrected chi connectivity index (χ3v) is 6.86. The first kappa shape index (κ1) is 22.3. The van der Waals surface area contributed by atoms with Gasteiger partial charge in [0, 0.05) is 39.5 Å². The van der Waals surface area contributed by atoms with Gasteiger partial charge in [0.25, 0.3) is 5.91 Å². The van der Waals surface area contributed by atoms with Crippen molar-refractivity contribution in [2.24, 2.45) is 5.10 Å². The number of ether oxygens (including phenoxy) is 2. The number of hydrogen-bond donors (Lipinski definition) is 0. The number of carbonyl (C=O) groups excluding carboxylic acids is 2. The molecule has 1 unspecified atom stereocenters. The fourth-order valence-electron chi connectivity index (χ4n) is 4.14. The van der Waals surface area contributed by atoms with Crippen molar-refractivity contribution in [3.63, 3.8) is 0 Å². The van der Waals surface area contributed by atoms with Gasteiger partial charge in [-0.25, -0.2) is 5.01 Å². The van der Waals surface area contributed by atoms with Gasteiger partial charge in [0.15, 0.2) is 11.5 Å². The standard InChI is InChI=1S/C23H28N4O4S/c1-16(28)26-10-8-25(9-11-26)15-23(29)27-19(14-18(24-27)22-5-4-12-32-22)17-6-7-20(30-2)21(13-17)31-3/h4-7,12-13,19H,8-11,14-15H2,1-3H3. The van der Waals surface area contributed by atoms with E-state index in [2.05, 4.69) is 4.90 Å². The van der Waals surface area contributed by atoms with Crippen LogP contribution in [-0.2, 0) is 9.59 Å². The SMILES string of the molecule is COc1ccc(C2CC(c3cccs3)=NN2C(=O)CN2CCN(C(C)=O)CC2)cc1OC. The second-order valence-electron chi connectivity index (χ2n) is 7.88. The van der Waals surface area contributed by atoms with Gasteiger partial charge in [0.1, 0.15) is 0 Å². The summed E-state index contributed by atoms with van der Waals surface area (Å²) in [5, 5.41) is 8.38. The Balaban J connectivity index is 1.55. The van der Waals surface area contributed by atoms with Crippen LogP contribution in [0.25, 0.3) is 0 Å². The second kappa shape index (κ2) is 9.70. The summed E-state index contributed by atoms with van der Waals surface area (Å²) in [7, 11) is 3.21. The van der Waals surface area contributed by atoms with Gasteiger partial charge < -0.3 is 14.4 Å². The minimum Gasteiger partial charge on any atom is -0.493 e. The zero-order valence-electron chi connectivity index (χ0n) is 18.6. The van der Waals surface area contributed by atoms with Gasteiger partial charge in [-0.3, -0.25) is 14.5 Å². The summed E-state index contributed by atoms with van der Waals surface area (Å²) >= 11 is 1.62. The largest absolute Gasteiger partial charge is 0.493 e. The molecule has 1 fully saturated rings. The number of benzene rings is 1. The Bertz CT molecular complexity index is 999. The van der Waals surface area contributed by atoms with Crippen molar-refractivity contribution >= 4 is 28.9 Å². The average Bonchev–Trinajstić information content (AvgIpc) is 3.49. The fraction of sp³-hybridized carbons (Fsp3) is 0.435. The van der Waals surface area contributed by atoms with Gasteiger partial charge in [-0.1, -0.05) is 12.1 Å². The summed E-state index contributed by atoms with van der Waals surface area (Å²) in [6.07, 6.45) is 0.639. The maximum absolute atomic E-state index is 13.3. The lowest BCUT2D eigenvalue weighted by Gasteiger charge is -2.34. The molecule has 3 heterocycles. The molecule has 2 amide bonds. The van der Waals surface area contributed by atoms with Crippen LogP contribution in [0.5, 0.6) is 11.5 Å². The molecule has 4 rings (SSSR count). The molecule has 32 heavy (non-hydrogen) atoms. The Morgan fingerprint density at radius 2 is 1.84 bits per heavy atom. The summed E-state index contributed by atoms with van der Waals surface area (Å²) in [5.41, 5.74) is 1.86. The Kier molecular flexibility index (Phi) is 6.76. The number of hydrogen-bond acceptors (Lipinski definition) is 7. The van der Waals surface area contributed by atoms with Gasteiger partial charge in [0.05, 0.1) is 37.4 Å². The third-order valence-electron chi connectivity index (χ3n) is 5.94. The number of thiophene rings is 1. The maximum atomic E-state index is 13.3. The molecule has 0 saturated carbocycles. The molecule has 1 aromatic heterocycles. The number of methoxy groups -OCH3 is 2. The molecule has 2 aromatic rings. The van der Waals surface area contributed by atoms with E-state index < -0.39 is 0 Å². The number of carbonyl (C=O) groups is 2. The highest BCUT2D eigenvalue weighted by Gasteiger charge is 2.35. The van der Waals surface area contributed by atoms with Crippen LogP contribution in [0, 0.1) is 0 Å². The molecule has 2 aliphatic rings. The topological polar surface area (TPSA) is 74.7 Å². The van der Waals surface area contributed by atoms with Crippen LogP contribution < -0.4 is 9.47 Å². The molecule has 8 nitrogen and oxygen atoms in total. The average molecular weight is 457 g/mol. The first-order valence-corrected chi connectivity index (χ1v) is 11.5. The van der Waals surface area contributed by atoms with Crippen molar-refractivity contribution in [1.82, 2.24) is 14.8 Å². The lowest BCUT2D eigenvalue weighted by molar-refractivity contribution is -0.135. The zero-order chi connectivity index (χ0) is 22.7. The van der Waals surface area contributed by atoms with Gasteiger partial charge in [0.2, 0.25) is 5.91 Å². The molecular weight excluding hydrogens is 428 g/mol. The van der Waals surface area contributed by atoms with Gasteiger partial charge in [-0.05, 0) is 29.1 Å². The van der Waals surface area contributed by atoms with Crippen molar-refractivity contribution in [3.05, 3.63) is 46.2 Å². The number of nitrogens with zero attached hydrogens (tertiary/aromatic N) is 4. The van der Waals surface area contributed by atoms with Crippen LogP contribution in [0.2, 0.25) is 0 Å². The maximum Gasteiger partial charge on any atom is 0.257 e. The van der Waals surface area contributed by atoms with Crippen LogP contribution in [0.15, 0.2) is 40.8 Å². The van der Waals surface area contributed by atoms with Crippen molar-refractivity contribution in [2.75, 3.05) is 46.9 Å². The summed E-state index contributed by atoms with van der Waals surface area (Å²) in [6.45, 7) is 4.51. The quantitative estimate of drug-likeness (QED) is 0.668. The predicted octanol–water partition coefficient (Wildman–Crippen LogP) is 2.61. The van der Waals surface area contributed by atoms with E-state index in [0.717, 1.165) is 16.2 Å². The Morgan fingerprint density at radius 3 is 2.47 bits per heavy atom. The van der Waals surface area contributed by atoms with Crippen LogP contribution >= 0.6 is 11.3 Å². The minimum absolute atomic E-state index is 0.0485. The van der Waals surface area contributed by atoms with E-state index in [9.17, 15) is 9.59 Å². The normalized spacial score (nSPS) is 19.1. The Hall–Kier alpha value is -2.91. The molecule has 0 radical (unpaired) electrons. The van der Waals surface area contributed by atoms with Crippen molar-refractivity contribution < 1.29 is 19.1 Å².